The van der Waals surface area contributed by atoms with Gasteiger partial charge in [0.15, 0.2) is 11.8 Å². The fraction of sp³-hybridized carbons (Fsp3) is 0.450. The largest absolute Gasteiger partial charge is 0.497 e. The predicted octanol–water partition coefficient (Wildman–Crippen LogP) is 3.13. The molecule has 0 amide bonds. The van der Waals surface area contributed by atoms with Crippen LogP contribution in [0.2, 0.25) is 0 Å². The van der Waals surface area contributed by atoms with Crippen LogP contribution in [0, 0.1) is 16.0 Å². The maximum absolute atomic E-state index is 14.8. The van der Waals surface area contributed by atoms with E-state index in [0.717, 1.165) is 44.4 Å². The minimum absolute atomic E-state index is 0.110. The summed E-state index contributed by atoms with van der Waals surface area (Å²) in [5.74, 6) is -0.666. The summed E-state index contributed by atoms with van der Waals surface area (Å²) < 4.78 is 44.3. The number of methoxy groups -OCH3 is 1. The number of nitrogens with one attached hydrogen (secondary N) is 1. The molecule has 1 aliphatic heterocycles. The lowest BCUT2D eigenvalue weighted by Crippen LogP contribution is -2.29. The van der Waals surface area contributed by atoms with Crippen molar-refractivity contribution in [2.24, 2.45) is 5.92 Å². The van der Waals surface area contributed by atoms with E-state index in [2.05, 4.69) is 15.3 Å². The molecule has 0 bridgehead atoms. The Bertz CT molecular complexity index is 955. The van der Waals surface area contributed by atoms with E-state index >= 15 is 0 Å². The van der Waals surface area contributed by atoms with E-state index in [1.807, 2.05) is 0 Å². The highest BCUT2D eigenvalue weighted by Crippen LogP contribution is 2.40. The number of ether oxygens (including phenoxy) is 3. The van der Waals surface area contributed by atoms with Crippen LogP contribution in [-0.2, 0) is 15.6 Å². The van der Waals surface area contributed by atoms with Crippen LogP contribution < -0.4 is 14.8 Å². The van der Waals surface area contributed by atoms with Crippen LogP contribution in [0.5, 0.6) is 11.6 Å². The van der Waals surface area contributed by atoms with E-state index in [4.69, 9.17) is 14.2 Å². The second-order valence-corrected chi connectivity index (χ2v) is 7.17. The normalized spacial score (nSPS) is 15.6. The SMILES string of the molecule is COc1cccc(C(F)(F)Oc2ncnc(C(CC3CCNCC3)OC=O)c2[N+](=O)[O-])c1. The molecular weight excluding hydrogens is 430 g/mol. The fourth-order valence-electron chi connectivity index (χ4n) is 3.56. The van der Waals surface area contributed by atoms with Gasteiger partial charge < -0.3 is 19.5 Å². The molecule has 0 spiro atoms. The van der Waals surface area contributed by atoms with Crippen LogP contribution >= 0.6 is 0 Å². The van der Waals surface area contributed by atoms with Gasteiger partial charge in [0.2, 0.25) is 0 Å². The van der Waals surface area contributed by atoms with Crippen LogP contribution in [0.4, 0.5) is 14.5 Å². The summed E-state index contributed by atoms with van der Waals surface area (Å²) in [7, 11) is 1.31. The van der Waals surface area contributed by atoms with Gasteiger partial charge in [-0.3, -0.25) is 14.9 Å². The molecule has 10 nitrogen and oxygen atoms in total. The molecule has 1 aromatic carbocycles. The number of nitro groups is 1. The van der Waals surface area contributed by atoms with E-state index in [1.165, 1.54) is 19.2 Å². The Hall–Kier alpha value is -3.41. The van der Waals surface area contributed by atoms with Crippen molar-refractivity contribution in [1.29, 1.82) is 0 Å². The Balaban J connectivity index is 1.95. The highest BCUT2D eigenvalue weighted by molar-refractivity contribution is 5.48. The predicted molar refractivity (Wildman–Crippen MR) is 106 cm³/mol. The van der Waals surface area contributed by atoms with Gasteiger partial charge in [-0.1, -0.05) is 6.07 Å². The lowest BCUT2D eigenvalue weighted by Gasteiger charge is -2.26. The molecule has 172 valence electrons. The lowest BCUT2D eigenvalue weighted by molar-refractivity contribution is -0.389. The molecule has 1 unspecified atom stereocenters. The van der Waals surface area contributed by atoms with Crippen molar-refractivity contribution >= 4 is 12.2 Å². The standard InChI is InChI=1S/C20H22F2N4O6/c1-30-15-4-2-3-14(10-15)20(21,22)32-19-18(26(28)29)17(24-11-25-19)16(31-12-27)9-13-5-7-23-8-6-13/h2-4,10-13,16,23H,5-9H2,1H3. The van der Waals surface area contributed by atoms with Crippen molar-refractivity contribution < 1.29 is 32.7 Å². The number of alkyl halides is 2. The second kappa shape index (κ2) is 10.3. The summed E-state index contributed by atoms with van der Waals surface area (Å²) in [5.41, 5.74) is -1.76. The number of carbonyl (C=O) groups excluding carboxylic acids is 1. The van der Waals surface area contributed by atoms with E-state index in [0.29, 0.717) is 0 Å². The van der Waals surface area contributed by atoms with Crippen molar-refractivity contribution in [2.75, 3.05) is 20.2 Å². The molecule has 1 N–H and O–H groups in total. The van der Waals surface area contributed by atoms with E-state index in [1.54, 1.807) is 0 Å². The van der Waals surface area contributed by atoms with Gasteiger partial charge in [-0.2, -0.15) is 13.8 Å². The van der Waals surface area contributed by atoms with Crippen LogP contribution in [-0.4, -0.2) is 41.6 Å². The molecule has 1 fully saturated rings. The van der Waals surface area contributed by atoms with Gasteiger partial charge in [-0.05, 0) is 56.5 Å². The number of piperidine rings is 1. The zero-order chi connectivity index (χ0) is 23.1. The summed E-state index contributed by atoms with van der Waals surface area (Å²) in [6.07, 6.45) is -2.40. The highest BCUT2D eigenvalue weighted by Gasteiger charge is 2.40. The molecule has 32 heavy (non-hydrogen) atoms. The minimum atomic E-state index is -3.96. The average molecular weight is 452 g/mol. The van der Waals surface area contributed by atoms with Crippen LogP contribution in [0.15, 0.2) is 30.6 Å². The van der Waals surface area contributed by atoms with Gasteiger partial charge in [0.25, 0.3) is 6.47 Å². The third kappa shape index (κ3) is 5.44. The Kier molecular flexibility index (Phi) is 7.46. The Labute approximate surface area is 182 Å². The maximum atomic E-state index is 14.8. The summed E-state index contributed by atoms with van der Waals surface area (Å²) in [6.45, 7) is 1.67. The molecule has 0 aliphatic carbocycles. The van der Waals surface area contributed by atoms with Crippen LogP contribution in [0.1, 0.15) is 36.6 Å². The first-order valence-electron chi connectivity index (χ1n) is 9.86. The molecule has 1 saturated heterocycles. The summed E-state index contributed by atoms with van der Waals surface area (Å²) >= 11 is 0. The highest BCUT2D eigenvalue weighted by atomic mass is 19.3. The van der Waals surface area contributed by atoms with E-state index in [-0.39, 0.29) is 30.3 Å². The summed E-state index contributed by atoms with van der Waals surface area (Å²) in [5, 5.41) is 15.0. The first-order chi connectivity index (χ1) is 15.4. The minimum Gasteiger partial charge on any atom is -0.497 e. The molecule has 0 saturated carbocycles. The molecule has 12 heteroatoms. The molecule has 1 aromatic heterocycles. The average Bonchev–Trinajstić information content (AvgIpc) is 2.79. The quantitative estimate of drug-likeness (QED) is 0.329. The number of carbonyl (C=O) groups is 1. The zero-order valence-corrected chi connectivity index (χ0v) is 17.2. The van der Waals surface area contributed by atoms with Gasteiger partial charge in [0.1, 0.15) is 12.1 Å². The van der Waals surface area contributed by atoms with Gasteiger partial charge >= 0.3 is 17.7 Å². The number of aromatic nitrogens is 2. The molecule has 1 aliphatic rings. The maximum Gasteiger partial charge on any atom is 0.428 e. The van der Waals surface area contributed by atoms with Crippen LogP contribution in [0.3, 0.4) is 0 Å². The monoisotopic (exact) mass is 452 g/mol. The zero-order valence-electron chi connectivity index (χ0n) is 17.2. The lowest BCUT2D eigenvalue weighted by atomic mass is 9.90. The van der Waals surface area contributed by atoms with Gasteiger partial charge in [-0.15, -0.1) is 0 Å². The molecule has 2 aromatic rings. The van der Waals surface area contributed by atoms with Crippen molar-refractivity contribution in [3.63, 3.8) is 0 Å². The molecule has 0 radical (unpaired) electrons. The number of hydrogen-bond donors (Lipinski definition) is 1. The van der Waals surface area contributed by atoms with Crippen molar-refractivity contribution in [2.45, 2.75) is 31.5 Å². The van der Waals surface area contributed by atoms with Gasteiger partial charge in [0, 0.05) is 0 Å². The Morgan fingerprint density at radius 1 is 1.34 bits per heavy atom. The van der Waals surface area contributed by atoms with Crippen LogP contribution in [0.25, 0.3) is 0 Å². The van der Waals surface area contributed by atoms with Crippen molar-refractivity contribution in [3.8, 4) is 11.6 Å². The molecule has 1 atom stereocenters. The number of hydrogen-bond acceptors (Lipinski definition) is 9. The first-order valence-corrected chi connectivity index (χ1v) is 9.86. The van der Waals surface area contributed by atoms with Crippen molar-refractivity contribution in [3.05, 3.63) is 52.0 Å². The summed E-state index contributed by atoms with van der Waals surface area (Å²) in [6, 6.07) is 4.93. The molecule has 2 heterocycles. The fourth-order valence-corrected chi connectivity index (χ4v) is 3.56. The van der Waals surface area contributed by atoms with Gasteiger partial charge in [0.05, 0.1) is 17.6 Å². The smallest absolute Gasteiger partial charge is 0.428 e. The Morgan fingerprint density at radius 3 is 2.75 bits per heavy atom. The molecule has 3 rings (SSSR count). The topological polar surface area (TPSA) is 126 Å². The Morgan fingerprint density at radius 2 is 2.09 bits per heavy atom. The van der Waals surface area contributed by atoms with Crippen molar-refractivity contribution in [1.82, 2.24) is 15.3 Å². The number of rotatable bonds is 10. The first kappa shape index (κ1) is 23.3. The number of nitrogens with zero attached hydrogens (tertiary/aromatic N) is 3. The van der Waals surface area contributed by atoms with Gasteiger partial charge in [-0.25, -0.2) is 4.98 Å². The van der Waals surface area contributed by atoms with E-state index < -0.39 is 34.3 Å². The third-order valence-electron chi connectivity index (χ3n) is 5.16. The third-order valence-corrected chi connectivity index (χ3v) is 5.16. The van der Waals surface area contributed by atoms with E-state index in [9.17, 15) is 23.7 Å². The summed E-state index contributed by atoms with van der Waals surface area (Å²) in [4.78, 5) is 29.4. The molecular formula is C20H22F2N4O6. The number of benzene rings is 1. The second-order valence-electron chi connectivity index (χ2n) is 7.17. The number of halogens is 2.